The largest absolute Gasteiger partial charge is 0.481 e. The molecule has 0 aromatic carbocycles. The maximum Gasteiger partial charge on any atom is 0.244 e. The quantitative estimate of drug-likeness (QED) is 0.854. The molecule has 17 heavy (non-hydrogen) atoms. The zero-order valence-corrected chi connectivity index (χ0v) is 9.77. The number of anilines is 2. The van der Waals surface area contributed by atoms with Crippen LogP contribution in [0, 0.1) is 5.92 Å². The Morgan fingerprint density at radius 1 is 1.53 bits per heavy atom. The van der Waals surface area contributed by atoms with Crippen LogP contribution in [0.15, 0.2) is 12.1 Å². The summed E-state index contributed by atoms with van der Waals surface area (Å²) in [6.45, 7) is 1.31. The topological polar surface area (TPSA) is 54.5 Å². The number of hydrogen-bond acceptors (Lipinski definition) is 4. The van der Waals surface area contributed by atoms with Crippen molar-refractivity contribution in [2.45, 2.75) is 12.8 Å². The zero-order valence-electron chi connectivity index (χ0n) is 9.77. The molecular weight excluding hydrogens is 218 g/mol. The van der Waals surface area contributed by atoms with E-state index in [1.54, 1.807) is 13.2 Å². The van der Waals surface area contributed by atoms with Gasteiger partial charge in [0.1, 0.15) is 0 Å². The normalized spacial score (nSPS) is 18.6. The first-order valence-corrected chi connectivity index (χ1v) is 5.86. The summed E-state index contributed by atoms with van der Waals surface area (Å²) in [5.74, 6) is 2.17. The average Bonchev–Trinajstić information content (AvgIpc) is 3.12. The van der Waals surface area contributed by atoms with E-state index in [0.717, 1.165) is 24.0 Å². The van der Waals surface area contributed by atoms with E-state index in [1.165, 1.54) is 12.8 Å². The number of amides is 1. The van der Waals surface area contributed by atoms with E-state index in [0.29, 0.717) is 12.4 Å². The minimum Gasteiger partial charge on any atom is -0.481 e. The molecule has 0 saturated heterocycles. The fourth-order valence-electron chi connectivity index (χ4n) is 2.08. The van der Waals surface area contributed by atoms with Gasteiger partial charge in [-0.2, -0.15) is 4.98 Å². The molecule has 1 saturated carbocycles. The first kappa shape index (κ1) is 10.4. The molecular formula is C12H15N3O2. The summed E-state index contributed by atoms with van der Waals surface area (Å²) >= 11 is 0. The first-order valence-electron chi connectivity index (χ1n) is 5.86. The highest BCUT2D eigenvalue weighted by molar-refractivity contribution is 6.00. The Hall–Kier alpha value is -1.78. The Balaban J connectivity index is 1.93. The van der Waals surface area contributed by atoms with Gasteiger partial charge in [0.2, 0.25) is 11.8 Å². The van der Waals surface area contributed by atoms with Crippen LogP contribution >= 0.6 is 0 Å². The monoisotopic (exact) mass is 233 g/mol. The van der Waals surface area contributed by atoms with E-state index >= 15 is 0 Å². The molecule has 0 spiro atoms. The number of aromatic nitrogens is 1. The Labute approximate surface area is 99.8 Å². The number of hydrogen-bond donors (Lipinski definition) is 1. The predicted molar refractivity (Wildman–Crippen MR) is 64.4 cm³/mol. The second kappa shape index (κ2) is 3.91. The van der Waals surface area contributed by atoms with Crippen molar-refractivity contribution in [1.82, 2.24) is 4.98 Å². The number of nitrogens with one attached hydrogen (secondary N) is 1. The smallest absolute Gasteiger partial charge is 0.244 e. The van der Waals surface area contributed by atoms with Crippen molar-refractivity contribution in [2.24, 2.45) is 5.92 Å². The lowest BCUT2D eigenvalue weighted by Crippen LogP contribution is -2.40. The summed E-state index contributed by atoms with van der Waals surface area (Å²) in [4.78, 5) is 18.0. The van der Waals surface area contributed by atoms with Crippen LogP contribution in [0.4, 0.5) is 11.5 Å². The van der Waals surface area contributed by atoms with E-state index in [-0.39, 0.29) is 5.91 Å². The molecule has 0 unspecified atom stereocenters. The number of carbonyl (C=O) groups is 1. The Morgan fingerprint density at radius 2 is 2.35 bits per heavy atom. The van der Waals surface area contributed by atoms with Crippen LogP contribution in [0.3, 0.4) is 0 Å². The van der Waals surface area contributed by atoms with Gasteiger partial charge in [-0.1, -0.05) is 0 Å². The van der Waals surface area contributed by atoms with Gasteiger partial charge in [-0.3, -0.25) is 4.79 Å². The average molecular weight is 233 g/mol. The van der Waals surface area contributed by atoms with Crippen LogP contribution in [0.25, 0.3) is 0 Å². The van der Waals surface area contributed by atoms with Crippen molar-refractivity contribution in [1.29, 1.82) is 0 Å². The second-order valence-electron chi connectivity index (χ2n) is 4.60. The summed E-state index contributed by atoms with van der Waals surface area (Å²) in [6, 6.07) is 3.61. The molecule has 1 amide bonds. The third-order valence-electron chi connectivity index (χ3n) is 3.14. The first-order chi connectivity index (χ1) is 8.26. The van der Waals surface area contributed by atoms with Gasteiger partial charge in [0.05, 0.1) is 19.3 Å². The van der Waals surface area contributed by atoms with Gasteiger partial charge in [-0.15, -0.1) is 0 Å². The standard InChI is InChI=1S/C12H15N3O2/c1-17-11-5-4-9-12(14-11)15(6-8-2-3-8)7-10(16)13-9/h4-5,8H,2-3,6-7H2,1H3,(H,13,16). The summed E-state index contributed by atoms with van der Waals surface area (Å²) in [7, 11) is 1.60. The number of carbonyl (C=O) groups excluding carboxylic acids is 1. The van der Waals surface area contributed by atoms with Gasteiger partial charge in [0.25, 0.3) is 0 Å². The molecule has 1 N–H and O–H groups in total. The second-order valence-corrected chi connectivity index (χ2v) is 4.60. The third kappa shape index (κ3) is 2.05. The fourth-order valence-corrected chi connectivity index (χ4v) is 2.08. The summed E-state index contributed by atoms with van der Waals surface area (Å²) in [5.41, 5.74) is 0.780. The molecule has 0 radical (unpaired) electrons. The van der Waals surface area contributed by atoms with Crippen LogP contribution in [-0.4, -0.2) is 31.1 Å². The Kier molecular flexibility index (Phi) is 2.39. The predicted octanol–water partition coefficient (Wildman–Crippen LogP) is 1.26. The third-order valence-corrected chi connectivity index (χ3v) is 3.14. The molecule has 90 valence electrons. The maximum atomic E-state index is 11.6. The lowest BCUT2D eigenvalue weighted by atomic mass is 10.2. The molecule has 0 atom stereocenters. The van der Waals surface area contributed by atoms with Crippen molar-refractivity contribution < 1.29 is 9.53 Å². The molecule has 5 nitrogen and oxygen atoms in total. The highest BCUT2D eigenvalue weighted by Crippen LogP contribution is 2.35. The maximum absolute atomic E-state index is 11.6. The summed E-state index contributed by atoms with van der Waals surface area (Å²) in [5, 5.41) is 2.84. The van der Waals surface area contributed by atoms with Crippen LogP contribution in [-0.2, 0) is 4.79 Å². The van der Waals surface area contributed by atoms with E-state index < -0.39 is 0 Å². The lowest BCUT2D eigenvalue weighted by molar-refractivity contribution is -0.115. The van der Waals surface area contributed by atoms with Crippen LogP contribution in [0.2, 0.25) is 0 Å². The number of fused-ring (bicyclic) bond motifs is 1. The molecule has 1 fully saturated rings. The minimum atomic E-state index is 0.0325. The molecule has 0 bridgehead atoms. The number of methoxy groups -OCH3 is 1. The highest BCUT2D eigenvalue weighted by Gasteiger charge is 2.30. The van der Waals surface area contributed by atoms with Crippen molar-refractivity contribution in [3.8, 4) is 5.88 Å². The molecule has 1 aliphatic heterocycles. The number of ether oxygens (including phenoxy) is 1. The molecule has 1 aromatic heterocycles. The van der Waals surface area contributed by atoms with Gasteiger partial charge >= 0.3 is 0 Å². The van der Waals surface area contributed by atoms with E-state index in [1.807, 2.05) is 11.0 Å². The Bertz CT molecular complexity index is 457. The van der Waals surface area contributed by atoms with Crippen molar-refractivity contribution >= 4 is 17.4 Å². The van der Waals surface area contributed by atoms with Crippen molar-refractivity contribution in [3.05, 3.63) is 12.1 Å². The van der Waals surface area contributed by atoms with Crippen LogP contribution < -0.4 is 15.0 Å². The van der Waals surface area contributed by atoms with E-state index in [2.05, 4.69) is 10.3 Å². The molecule has 2 aliphatic rings. The summed E-state index contributed by atoms with van der Waals surface area (Å²) < 4.78 is 5.13. The minimum absolute atomic E-state index is 0.0325. The van der Waals surface area contributed by atoms with Crippen molar-refractivity contribution in [3.63, 3.8) is 0 Å². The van der Waals surface area contributed by atoms with Crippen LogP contribution in [0.5, 0.6) is 5.88 Å². The number of rotatable bonds is 3. The van der Waals surface area contributed by atoms with Gasteiger partial charge in [0.15, 0.2) is 5.82 Å². The number of nitrogens with zero attached hydrogens (tertiary/aromatic N) is 2. The fraction of sp³-hybridized carbons (Fsp3) is 0.500. The molecule has 1 aliphatic carbocycles. The van der Waals surface area contributed by atoms with Gasteiger partial charge in [-0.05, 0) is 24.8 Å². The summed E-state index contributed by atoms with van der Waals surface area (Å²) in [6.07, 6.45) is 2.52. The SMILES string of the molecule is COc1ccc2c(n1)N(CC1CC1)CC(=O)N2. The molecule has 5 heteroatoms. The number of pyridine rings is 1. The zero-order chi connectivity index (χ0) is 11.8. The van der Waals surface area contributed by atoms with Gasteiger partial charge < -0.3 is 15.0 Å². The van der Waals surface area contributed by atoms with E-state index in [9.17, 15) is 4.79 Å². The van der Waals surface area contributed by atoms with Gasteiger partial charge in [0, 0.05) is 12.6 Å². The van der Waals surface area contributed by atoms with Crippen molar-refractivity contribution in [2.75, 3.05) is 30.4 Å². The molecule has 1 aromatic rings. The van der Waals surface area contributed by atoms with Crippen LogP contribution in [0.1, 0.15) is 12.8 Å². The molecule has 3 rings (SSSR count). The lowest BCUT2D eigenvalue weighted by Gasteiger charge is -2.29. The highest BCUT2D eigenvalue weighted by atomic mass is 16.5. The molecule has 2 heterocycles. The van der Waals surface area contributed by atoms with E-state index in [4.69, 9.17) is 4.74 Å². The Morgan fingerprint density at radius 3 is 3.06 bits per heavy atom. The van der Waals surface area contributed by atoms with Gasteiger partial charge in [-0.25, -0.2) is 0 Å².